The van der Waals surface area contributed by atoms with E-state index in [4.69, 9.17) is 14.1 Å². The summed E-state index contributed by atoms with van der Waals surface area (Å²) >= 11 is 0. The molecule has 1 unspecified atom stereocenters. The highest BCUT2D eigenvalue weighted by atomic mass is 19.1. The second-order valence-electron chi connectivity index (χ2n) is 6.33. The maximum atomic E-state index is 13.1. The summed E-state index contributed by atoms with van der Waals surface area (Å²) in [5.41, 5.74) is 2.06. The van der Waals surface area contributed by atoms with Crippen molar-refractivity contribution in [3.8, 4) is 22.8 Å². The van der Waals surface area contributed by atoms with Gasteiger partial charge in [0, 0.05) is 5.56 Å². The van der Waals surface area contributed by atoms with Crippen LogP contribution in [0.4, 0.5) is 10.2 Å². The molecule has 1 heterocycles. The summed E-state index contributed by atoms with van der Waals surface area (Å²) in [4.78, 5) is 12.7. The predicted molar refractivity (Wildman–Crippen MR) is 105 cm³/mol. The van der Waals surface area contributed by atoms with Gasteiger partial charge in [-0.1, -0.05) is 6.92 Å². The zero-order valence-corrected chi connectivity index (χ0v) is 16.4. The fraction of sp³-hybridized carbons (Fsp3) is 0.286. The normalized spacial score (nSPS) is 11.7. The first-order valence-corrected chi connectivity index (χ1v) is 9.31. The number of carbonyl (C=O) groups excluding carboxylic acids is 1. The van der Waals surface area contributed by atoms with Crippen LogP contribution in [-0.4, -0.2) is 28.9 Å². The van der Waals surface area contributed by atoms with E-state index in [1.165, 1.54) is 24.3 Å². The van der Waals surface area contributed by atoms with Crippen molar-refractivity contribution in [3.05, 3.63) is 53.8 Å². The molecule has 0 saturated carbocycles. The number of amides is 1. The van der Waals surface area contributed by atoms with Crippen molar-refractivity contribution in [1.82, 2.24) is 10.3 Å². The third kappa shape index (κ3) is 4.90. The van der Waals surface area contributed by atoms with Crippen molar-refractivity contribution in [2.24, 2.45) is 0 Å². The molecule has 0 fully saturated rings. The summed E-state index contributed by atoms with van der Waals surface area (Å²) in [6.45, 7) is 6.22. The maximum absolute atomic E-state index is 13.1. The van der Waals surface area contributed by atoms with E-state index >= 15 is 0 Å². The third-order valence-corrected chi connectivity index (χ3v) is 4.23. The molecular weight excluding hydrogens is 377 g/mol. The lowest BCUT2D eigenvalue weighted by Gasteiger charge is -2.16. The van der Waals surface area contributed by atoms with Gasteiger partial charge in [0.15, 0.2) is 11.8 Å². The molecule has 2 aromatic carbocycles. The highest BCUT2D eigenvalue weighted by Gasteiger charge is 2.23. The Kier molecular flexibility index (Phi) is 6.43. The molecule has 0 aliphatic carbocycles. The summed E-state index contributed by atoms with van der Waals surface area (Å²) in [5, 5.41) is 10.4. The molecule has 0 aliphatic rings. The Bertz CT molecular complexity index is 972. The van der Waals surface area contributed by atoms with Crippen molar-refractivity contribution in [1.29, 1.82) is 0 Å². The molecule has 0 bridgehead atoms. The topological polar surface area (TPSA) is 86.5 Å². The number of ether oxygens (including phenoxy) is 2. The summed E-state index contributed by atoms with van der Waals surface area (Å²) in [6.07, 6.45) is -0.376. The number of carbonyl (C=O) groups is 1. The fourth-order valence-corrected chi connectivity index (χ4v) is 2.77. The van der Waals surface area contributed by atoms with Crippen LogP contribution in [0, 0.1) is 12.7 Å². The molecule has 1 N–H and O–H groups in total. The molecule has 0 radical (unpaired) electrons. The van der Waals surface area contributed by atoms with Crippen LogP contribution in [0.5, 0.6) is 11.5 Å². The van der Waals surface area contributed by atoms with E-state index in [1.54, 1.807) is 0 Å². The lowest BCUT2D eigenvalue weighted by atomic mass is 10.1. The molecule has 1 atom stereocenters. The summed E-state index contributed by atoms with van der Waals surface area (Å²) in [5.74, 6) is 0.584. The lowest BCUT2D eigenvalue weighted by molar-refractivity contribution is -0.122. The number of hydrogen-bond acceptors (Lipinski definition) is 6. The van der Waals surface area contributed by atoms with Crippen LogP contribution in [0.25, 0.3) is 11.3 Å². The van der Waals surface area contributed by atoms with Crippen molar-refractivity contribution >= 4 is 11.7 Å². The Morgan fingerprint density at radius 3 is 2.59 bits per heavy atom. The Morgan fingerprint density at radius 1 is 1.17 bits per heavy atom. The number of hydrogen-bond donors (Lipinski definition) is 1. The van der Waals surface area contributed by atoms with Crippen LogP contribution in [0.2, 0.25) is 0 Å². The fourth-order valence-electron chi connectivity index (χ4n) is 2.77. The Hall–Kier alpha value is -3.42. The predicted octanol–water partition coefficient (Wildman–Crippen LogP) is 4.38. The van der Waals surface area contributed by atoms with Crippen LogP contribution >= 0.6 is 0 Å². The number of nitrogens with one attached hydrogen (secondary N) is 1. The van der Waals surface area contributed by atoms with Gasteiger partial charge in [-0.15, -0.1) is 0 Å². The van der Waals surface area contributed by atoms with Gasteiger partial charge >= 0.3 is 0 Å². The number of aryl methyl sites for hydroxylation is 1. The van der Waals surface area contributed by atoms with E-state index in [0.29, 0.717) is 24.5 Å². The van der Waals surface area contributed by atoms with Crippen LogP contribution in [0.1, 0.15) is 25.8 Å². The summed E-state index contributed by atoms with van der Waals surface area (Å²) < 4.78 is 29.1. The second kappa shape index (κ2) is 9.18. The quantitative estimate of drug-likeness (QED) is 0.605. The standard InChI is InChI=1S/C21H22FN3O4/c1-4-17(28-16-9-7-15(22)8-10-16)21(26)23-20-19(24-29-25-20)14-6-11-18(27-5-2)13(3)12-14/h6-12,17H,4-5H2,1-3H3,(H,23,25,26). The van der Waals surface area contributed by atoms with Gasteiger partial charge in [0.25, 0.3) is 5.91 Å². The molecular formula is C21H22FN3O4. The number of benzene rings is 2. The molecule has 3 aromatic rings. The van der Waals surface area contributed by atoms with Crippen LogP contribution < -0.4 is 14.8 Å². The first-order valence-electron chi connectivity index (χ1n) is 9.31. The van der Waals surface area contributed by atoms with Crippen molar-refractivity contribution in [2.75, 3.05) is 11.9 Å². The molecule has 1 aromatic heterocycles. The highest BCUT2D eigenvalue weighted by molar-refractivity contribution is 5.96. The monoisotopic (exact) mass is 399 g/mol. The molecule has 7 nitrogen and oxygen atoms in total. The van der Waals surface area contributed by atoms with Crippen molar-refractivity contribution < 1.29 is 23.3 Å². The van der Waals surface area contributed by atoms with Gasteiger partial charge in [0.2, 0.25) is 5.82 Å². The zero-order valence-electron chi connectivity index (χ0n) is 16.4. The Labute approximate surface area is 167 Å². The van der Waals surface area contributed by atoms with E-state index in [0.717, 1.165) is 16.9 Å². The number of nitrogens with zero attached hydrogens (tertiary/aromatic N) is 2. The van der Waals surface area contributed by atoms with Crippen LogP contribution in [-0.2, 0) is 4.79 Å². The van der Waals surface area contributed by atoms with Gasteiger partial charge < -0.3 is 14.8 Å². The highest BCUT2D eigenvalue weighted by Crippen LogP contribution is 2.29. The largest absolute Gasteiger partial charge is 0.494 e. The minimum absolute atomic E-state index is 0.194. The number of anilines is 1. The maximum Gasteiger partial charge on any atom is 0.266 e. The van der Waals surface area contributed by atoms with Crippen molar-refractivity contribution in [3.63, 3.8) is 0 Å². The van der Waals surface area contributed by atoms with E-state index < -0.39 is 12.0 Å². The Morgan fingerprint density at radius 2 is 1.93 bits per heavy atom. The molecule has 0 saturated heterocycles. The summed E-state index contributed by atoms with van der Waals surface area (Å²) in [6, 6.07) is 11.0. The van der Waals surface area contributed by atoms with Crippen LogP contribution in [0.15, 0.2) is 47.1 Å². The van der Waals surface area contributed by atoms with Gasteiger partial charge in [0.05, 0.1) is 6.61 Å². The minimum Gasteiger partial charge on any atom is -0.494 e. The van der Waals surface area contributed by atoms with Gasteiger partial charge in [0.1, 0.15) is 17.3 Å². The third-order valence-electron chi connectivity index (χ3n) is 4.23. The van der Waals surface area contributed by atoms with Crippen LogP contribution in [0.3, 0.4) is 0 Å². The number of aromatic nitrogens is 2. The van der Waals surface area contributed by atoms with E-state index in [-0.39, 0.29) is 11.6 Å². The average Bonchev–Trinajstić information content (AvgIpc) is 3.17. The molecule has 1 amide bonds. The lowest BCUT2D eigenvalue weighted by Crippen LogP contribution is -2.32. The Balaban J connectivity index is 1.75. The van der Waals surface area contributed by atoms with Gasteiger partial charge in [-0.3, -0.25) is 4.79 Å². The van der Waals surface area contributed by atoms with Gasteiger partial charge in [-0.05, 0) is 78.6 Å². The minimum atomic E-state index is -0.785. The van der Waals surface area contributed by atoms with E-state index in [1.807, 2.05) is 39.0 Å². The van der Waals surface area contributed by atoms with Gasteiger partial charge in [-0.25, -0.2) is 9.02 Å². The number of halogens is 1. The van der Waals surface area contributed by atoms with Gasteiger partial charge in [-0.2, -0.15) is 0 Å². The average molecular weight is 399 g/mol. The number of rotatable bonds is 8. The molecule has 3 rings (SSSR count). The zero-order chi connectivity index (χ0) is 20.8. The van der Waals surface area contributed by atoms with E-state index in [9.17, 15) is 9.18 Å². The molecule has 0 aliphatic heterocycles. The SMILES string of the molecule is CCOc1ccc(-c2nonc2NC(=O)C(CC)Oc2ccc(F)cc2)cc1C. The molecule has 29 heavy (non-hydrogen) atoms. The van der Waals surface area contributed by atoms with Crippen molar-refractivity contribution in [2.45, 2.75) is 33.3 Å². The smallest absolute Gasteiger partial charge is 0.266 e. The first-order chi connectivity index (χ1) is 14.0. The molecule has 152 valence electrons. The summed E-state index contributed by atoms with van der Waals surface area (Å²) in [7, 11) is 0. The van der Waals surface area contributed by atoms with E-state index in [2.05, 4.69) is 15.6 Å². The second-order valence-corrected chi connectivity index (χ2v) is 6.33. The molecule has 0 spiro atoms. The molecule has 8 heteroatoms. The first kappa shape index (κ1) is 20.3.